The first-order valence-corrected chi connectivity index (χ1v) is 4.18. The lowest BCUT2D eigenvalue weighted by Gasteiger charge is -1.99. The minimum absolute atomic E-state index is 0.382. The Hall–Kier alpha value is -2.17. The molecule has 0 saturated heterocycles. The number of aromatic amines is 1. The van der Waals surface area contributed by atoms with Crippen molar-refractivity contribution in [1.29, 1.82) is 0 Å². The van der Waals surface area contributed by atoms with Gasteiger partial charge in [-0.05, 0) is 12.1 Å². The van der Waals surface area contributed by atoms with Gasteiger partial charge in [0.25, 0.3) is 0 Å². The van der Waals surface area contributed by atoms with Crippen LogP contribution in [-0.4, -0.2) is 19.9 Å². The van der Waals surface area contributed by atoms with Gasteiger partial charge in [0.1, 0.15) is 11.8 Å². The molecule has 0 saturated carbocycles. The highest BCUT2D eigenvalue weighted by Crippen LogP contribution is 2.20. The summed E-state index contributed by atoms with van der Waals surface area (Å²) in [5, 5.41) is 0.979. The molecule has 0 amide bonds. The quantitative estimate of drug-likeness (QED) is 0.549. The van der Waals surface area contributed by atoms with Crippen LogP contribution in [0, 0.1) is 0 Å². The van der Waals surface area contributed by atoms with Crippen LogP contribution in [0.1, 0.15) is 0 Å². The number of nitrogens with one attached hydrogen (secondary N) is 1. The lowest BCUT2D eigenvalue weighted by atomic mass is 10.2. The Bertz CT molecular complexity index is 613. The van der Waals surface area contributed by atoms with Crippen LogP contribution in [0.15, 0.2) is 24.7 Å². The first kappa shape index (κ1) is 7.25. The Morgan fingerprint density at radius 3 is 3.00 bits per heavy atom. The molecule has 3 N–H and O–H groups in total. The van der Waals surface area contributed by atoms with E-state index in [0.717, 1.165) is 21.9 Å². The van der Waals surface area contributed by atoms with Gasteiger partial charge in [0, 0.05) is 11.6 Å². The van der Waals surface area contributed by atoms with E-state index in [9.17, 15) is 0 Å². The molecule has 3 aromatic rings. The average molecular weight is 185 g/mol. The van der Waals surface area contributed by atoms with E-state index < -0.39 is 0 Å². The minimum atomic E-state index is 0.382. The fourth-order valence-electron chi connectivity index (χ4n) is 1.52. The zero-order valence-electron chi connectivity index (χ0n) is 7.23. The first-order chi connectivity index (χ1) is 6.84. The van der Waals surface area contributed by atoms with Gasteiger partial charge in [-0.15, -0.1) is 0 Å². The maximum atomic E-state index is 5.57. The van der Waals surface area contributed by atoms with Gasteiger partial charge in [-0.25, -0.2) is 15.0 Å². The van der Waals surface area contributed by atoms with E-state index in [1.165, 1.54) is 6.33 Å². The van der Waals surface area contributed by atoms with E-state index in [2.05, 4.69) is 19.9 Å². The molecule has 0 unspecified atom stereocenters. The minimum Gasteiger partial charge on any atom is -0.369 e. The summed E-state index contributed by atoms with van der Waals surface area (Å²) in [6, 6.07) is 3.85. The second kappa shape index (κ2) is 2.41. The van der Waals surface area contributed by atoms with Crippen molar-refractivity contribution in [2.45, 2.75) is 0 Å². The molecule has 5 heteroatoms. The van der Waals surface area contributed by atoms with Crippen molar-refractivity contribution in [3.8, 4) is 0 Å². The third-order valence-corrected chi connectivity index (χ3v) is 2.17. The maximum absolute atomic E-state index is 5.57. The highest BCUT2D eigenvalue weighted by molar-refractivity contribution is 6.01. The Balaban J connectivity index is 2.60. The van der Waals surface area contributed by atoms with E-state index in [-0.39, 0.29) is 0 Å². The normalized spacial score (nSPS) is 11.1. The fraction of sp³-hybridized carbons (Fsp3) is 0. The van der Waals surface area contributed by atoms with Crippen LogP contribution >= 0.6 is 0 Å². The summed E-state index contributed by atoms with van der Waals surface area (Å²) in [6.45, 7) is 0. The Morgan fingerprint density at radius 2 is 2.07 bits per heavy atom. The number of nitrogens with two attached hydrogens (primary N) is 1. The Labute approximate surface area is 79.0 Å². The number of imidazole rings is 1. The van der Waals surface area contributed by atoms with E-state index in [0.29, 0.717) is 5.95 Å². The molecule has 0 aliphatic carbocycles. The van der Waals surface area contributed by atoms with Crippen LogP contribution in [0.5, 0.6) is 0 Å². The summed E-state index contributed by atoms with van der Waals surface area (Å²) in [6.07, 6.45) is 3.25. The third kappa shape index (κ3) is 0.861. The van der Waals surface area contributed by atoms with Crippen molar-refractivity contribution in [2.75, 3.05) is 5.73 Å². The molecule has 0 spiro atoms. The molecule has 2 heterocycles. The Kier molecular flexibility index (Phi) is 1.25. The van der Waals surface area contributed by atoms with Gasteiger partial charge in [0.15, 0.2) is 5.95 Å². The summed E-state index contributed by atoms with van der Waals surface area (Å²) in [5.74, 6) is 0.382. The van der Waals surface area contributed by atoms with Crippen LogP contribution in [0.4, 0.5) is 5.95 Å². The summed E-state index contributed by atoms with van der Waals surface area (Å²) in [5.41, 5.74) is 8.14. The molecule has 3 rings (SSSR count). The van der Waals surface area contributed by atoms with Crippen LogP contribution < -0.4 is 5.73 Å². The molecular formula is C9H7N5. The van der Waals surface area contributed by atoms with Gasteiger partial charge in [0.2, 0.25) is 0 Å². The third-order valence-electron chi connectivity index (χ3n) is 2.17. The number of anilines is 1. The van der Waals surface area contributed by atoms with Crippen LogP contribution in [-0.2, 0) is 0 Å². The summed E-state index contributed by atoms with van der Waals surface area (Å²) in [7, 11) is 0. The zero-order valence-corrected chi connectivity index (χ0v) is 7.23. The number of rotatable bonds is 0. The van der Waals surface area contributed by atoms with Gasteiger partial charge in [-0.1, -0.05) is 0 Å². The van der Waals surface area contributed by atoms with Crippen molar-refractivity contribution < 1.29 is 0 Å². The lowest BCUT2D eigenvalue weighted by molar-refractivity contribution is 1.24. The molecule has 5 nitrogen and oxygen atoms in total. The SMILES string of the molecule is Nc1ncc2ccc3ncnc3c2[nH]1. The van der Waals surface area contributed by atoms with Crippen molar-refractivity contribution in [3.63, 3.8) is 0 Å². The van der Waals surface area contributed by atoms with Gasteiger partial charge in [-0.2, -0.15) is 0 Å². The number of H-pyrrole nitrogens is 1. The number of nitrogens with zero attached hydrogens (tertiary/aromatic N) is 3. The van der Waals surface area contributed by atoms with Crippen LogP contribution in [0.25, 0.3) is 21.9 Å². The molecule has 2 aromatic heterocycles. The number of hydrogen-bond donors (Lipinski definition) is 2. The number of benzene rings is 1. The van der Waals surface area contributed by atoms with E-state index >= 15 is 0 Å². The number of nitrogen functional groups attached to an aromatic ring is 1. The smallest absolute Gasteiger partial charge is 0.197 e. The van der Waals surface area contributed by atoms with Gasteiger partial charge < -0.3 is 10.7 Å². The largest absolute Gasteiger partial charge is 0.369 e. The second-order valence-electron chi connectivity index (χ2n) is 3.04. The molecule has 0 bridgehead atoms. The molecule has 0 fully saturated rings. The van der Waals surface area contributed by atoms with Crippen molar-refractivity contribution in [1.82, 2.24) is 19.9 Å². The van der Waals surface area contributed by atoms with Crippen molar-refractivity contribution >= 4 is 27.9 Å². The molecule has 0 atom stereocenters. The molecule has 1 aromatic carbocycles. The average Bonchev–Trinajstić information content (AvgIpc) is 2.65. The highest BCUT2D eigenvalue weighted by atomic mass is 15.0. The zero-order chi connectivity index (χ0) is 9.54. The van der Waals surface area contributed by atoms with E-state index in [4.69, 9.17) is 5.73 Å². The van der Waals surface area contributed by atoms with E-state index in [1.54, 1.807) is 6.20 Å². The molecule has 0 aliphatic heterocycles. The van der Waals surface area contributed by atoms with Crippen molar-refractivity contribution in [2.24, 2.45) is 0 Å². The molecular weight excluding hydrogens is 178 g/mol. The highest BCUT2D eigenvalue weighted by Gasteiger charge is 2.03. The van der Waals surface area contributed by atoms with Gasteiger partial charge >= 0.3 is 0 Å². The topological polar surface area (TPSA) is 80.5 Å². The summed E-state index contributed by atoms with van der Waals surface area (Å²) < 4.78 is 0. The molecule has 68 valence electrons. The Morgan fingerprint density at radius 1 is 1.14 bits per heavy atom. The monoisotopic (exact) mass is 185 g/mol. The second-order valence-corrected chi connectivity index (χ2v) is 3.04. The number of fused-ring (bicyclic) bond motifs is 3. The standard InChI is InChI=1S/C9H7N5/c10-9-11-3-5-1-2-6-8(7(5)14-9)13-4-12-6/h1-4H,(H3,10,11,14). The van der Waals surface area contributed by atoms with Gasteiger partial charge in [0.05, 0.1) is 11.0 Å². The fourth-order valence-corrected chi connectivity index (χ4v) is 1.52. The first-order valence-electron chi connectivity index (χ1n) is 4.18. The predicted molar refractivity (Wildman–Crippen MR) is 53.6 cm³/mol. The molecule has 14 heavy (non-hydrogen) atoms. The van der Waals surface area contributed by atoms with Crippen molar-refractivity contribution in [3.05, 3.63) is 24.7 Å². The molecule has 0 aliphatic rings. The molecule has 0 radical (unpaired) electrons. The van der Waals surface area contributed by atoms with E-state index in [1.807, 2.05) is 12.1 Å². The summed E-state index contributed by atoms with van der Waals surface area (Å²) in [4.78, 5) is 15.2. The maximum Gasteiger partial charge on any atom is 0.197 e. The number of aromatic nitrogens is 4. The van der Waals surface area contributed by atoms with Crippen LogP contribution in [0.3, 0.4) is 0 Å². The predicted octanol–water partition coefficient (Wildman–Crippen LogP) is 1.09. The number of hydrogen-bond acceptors (Lipinski definition) is 4. The van der Waals surface area contributed by atoms with Gasteiger partial charge in [-0.3, -0.25) is 0 Å². The lowest BCUT2D eigenvalue weighted by Crippen LogP contribution is -1.94. The summed E-state index contributed by atoms with van der Waals surface area (Å²) >= 11 is 0. The van der Waals surface area contributed by atoms with Crippen LogP contribution in [0.2, 0.25) is 0 Å².